The van der Waals surface area contributed by atoms with Crippen LogP contribution in [0.2, 0.25) is 0 Å². The Kier molecular flexibility index (Phi) is 10.8. The van der Waals surface area contributed by atoms with Crippen LogP contribution in [-0.2, 0) is 0 Å². The van der Waals surface area contributed by atoms with Gasteiger partial charge in [0.1, 0.15) is 22.3 Å². The minimum atomic E-state index is -2.73. The molecule has 6 aromatic heterocycles. The van der Waals surface area contributed by atoms with Crippen LogP contribution in [0.1, 0.15) is 0 Å². The standard InChI is InChI=1S/C43H29N3OSi.C25H14BrN3O.BH4/c1-4-14-31(15-5-1)48(32-16-6-2-7-17-32,33-18-8-3-9-19-33)34-25-26-39-40(29-34)46-38-22-12-11-21-37(38)44-43(46)45(39)30-24-27-42-36(28-30)35-20-10-13-23-41(35)47-42;26-15-9-11-21-22(13-15)29-20-7-3-2-6-19(20)27-25(29)28(21)16-10-12-24-18(14-16)17-5-1-4-8-23(17)30-24;/h1-29H;1-14H;1H4/q;;-1. The molecule has 0 N–H and O–H groups in total. The Bertz CT molecular complexity index is 5100. The average Bonchev–Trinajstić information content (AvgIpc) is 4.41. The molecule has 0 aliphatic carbocycles. The normalized spacial score (nSPS) is 12.0. The van der Waals surface area contributed by atoms with Crippen molar-refractivity contribution in [2.45, 2.75) is 0 Å². The molecule has 11 heteroatoms. The summed E-state index contributed by atoms with van der Waals surface area (Å²) in [5, 5.41) is 9.82. The van der Waals surface area contributed by atoms with Gasteiger partial charge in [0.15, 0.2) is 8.07 Å². The van der Waals surface area contributed by atoms with Crippen molar-refractivity contribution in [2.75, 3.05) is 0 Å². The summed E-state index contributed by atoms with van der Waals surface area (Å²) in [6, 6.07) is 92.7. The Hall–Kier alpha value is -9.68. The first-order valence-corrected chi connectivity index (χ1v) is 28.9. The summed E-state index contributed by atoms with van der Waals surface area (Å²) < 4.78 is 22.4. The summed E-state index contributed by atoms with van der Waals surface area (Å²) in [6.45, 7) is 0. The molecule has 0 atom stereocenters. The Morgan fingerprint density at radius 2 is 0.722 bits per heavy atom. The predicted molar refractivity (Wildman–Crippen MR) is 336 cm³/mol. The van der Waals surface area contributed by atoms with Gasteiger partial charge in [-0.2, -0.15) is 0 Å². The molecule has 6 heterocycles. The highest BCUT2D eigenvalue weighted by Gasteiger charge is 2.42. The number of hydrogen-bond acceptors (Lipinski definition) is 4. The number of para-hydroxylation sites is 6. The van der Waals surface area contributed by atoms with Crippen molar-refractivity contribution in [3.8, 4) is 11.4 Å². The number of imidazole rings is 4. The molecule has 0 spiro atoms. The maximum Gasteiger partial charge on any atom is 0.220 e. The highest BCUT2D eigenvalue weighted by Crippen LogP contribution is 2.37. The van der Waals surface area contributed by atoms with Gasteiger partial charge >= 0.3 is 0 Å². The zero-order valence-corrected chi connectivity index (χ0v) is 44.3. The summed E-state index contributed by atoms with van der Waals surface area (Å²) >= 11 is 3.64. The molecule has 17 rings (SSSR count). The summed E-state index contributed by atoms with van der Waals surface area (Å²) in [5.74, 6) is 1.79. The van der Waals surface area contributed by atoms with E-state index in [4.69, 9.17) is 18.8 Å². The van der Waals surface area contributed by atoms with E-state index in [1.54, 1.807) is 0 Å². The van der Waals surface area contributed by atoms with Gasteiger partial charge in [-0.25, -0.2) is 9.97 Å². The van der Waals surface area contributed by atoms with Gasteiger partial charge < -0.3 is 8.83 Å². The minimum Gasteiger partial charge on any atom is -0.456 e. The van der Waals surface area contributed by atoms with Crippen LogP contribution in [0.4, 0.5) is 0 Å². The Morgan fingerprint density at radius 1 is 0.316 bits per heavy atom. The number of fused-ring (bicyclic) bond motifs is 16. The number of hydrogen-bond donors (Lipinski definition) is 0. The van der Waals surface area contributed by atoms with Gasteiger partial charge in [0.25, 0.3) is 0 Å². The number of halogens is 1. The lowest BCUT2D eigenvalue weighted by Gasteiger charge is -2.34. The van der Waals surface area contributed by atoms with Crippen LogP contribution in [0.5, 0.6) is 0 Å². The third-order valence-electron chi connectivity index (χ3n) is 15.7. The number of aromatic nitrogens is 6. The summed E-state index contributed by atoms with van der Waals surface area (Å²) in [7, 11) is -2.73. The molecule has 0 unspecified atom stereocenters. The molecular weight excluding hydrogens is 1050 g/mol. The molecule has 0 aliphatic heterocycles. The van der Waals surface area contributed by atoms with E-state index in [0.29, 0.717) is 0 Å². The minimum absolute atomic E-state index is 0. The summed E-state index contributed by atoms with van der Waals surface area (Å²) in [5.41, 5.74) is 14.3. The molecule has 0 amide bonds. The average molecular weight is 1100 g/mol. The summed E-state index contributed by atoms with van der Waals surface area (Å²) in [6.07, 6.45) is 0. The maximum absolute atomic E-state index is 6.20. The van der Waals surface area contributed by atoms with E-state index in [1.165, 1.54) is 20.7 Å². The van der Waals surface area contributed by atoms with Crippen LogP contribution in [0.3, 0.4) is 0 Å². The van der Waals surface area contributed by atoms with Crippen molar-refractivity contribution in [2.24, 2.45) is 0 Å². The monoisotopic (exact) mass is 1100 g/mol. The molecule has 8 nitrogen and oxygen atoms in total. The Morgan fingerprint density at radius 3 is 1.22 bits per heavy atom. The Balaban J connectivity index is 0.000000150. The molecular formula is C68H47BBrN6O2Si-. The van der Waals surface area contributed by atoms with Crippen LogP contribution >= 0.6 is 15.9 Å². The molecule has 0 saturated heterocycles. The van der Waals surface area contributed by atoms with Crippen molar-refractivity contribution in [3.05, 3.63) is 265 Å². The number of furan rings is 2. The second-order valence-corrected chi connectivity index (χ2v) is 24.6. The quantitative estimate of drug-likeness (QED) is 0.123. The molecule has 0 bridgehead atoms. The van der Waals surface area contributed by atoms with E-state index >= 15 is 0 Å². The van der Waals surface area contributed by atoms with Crippen LogP contribution in [0.25, 0.3) is 111 Å². The molecule has 0 radical (unpaired) electrons. The van der Waals surface area contributed by atoms with Gasteiger partial charge in [-0.3, -0.25) is 17.9 Å². The van der Waals surface area contributed by atoms with E-state index in [2.05, 4.69) is 258 Å². The largest absolute Gasteiger partial charge is 0.456 e. The second-order valence-electron chi connectivity index (χ2n) is 19.9. The van der Waals surface area contributed by atoms with E-state index in [-0.39, 0.29) is 8.41 Å². The fraction of sp³-hybridized carbons (Fsp3) is 0. The topological polar surface area (TPSA) is 70.7 Å². The molecule has 0 saturated carbocycles. The lowest BCUT2D eigenvalue weighted by Crippen LogP contribution is -2.74. The SMILES string of the molecule is Brc1ccc2c(c1)n1c3ccccc3nc1n2-c1ccc2oc3ccccc3c2c1.[BH4-].c1ccc([Si](c2ccccc2)(c2ccccc2)c2ccc3c(c2)n2c4ccccc4nc2n3-c2ccc3oc4ccccc4c3c2)cc1. The van der Waals surface area contributed by atoms with Crippen LogP contribution in [-0.4, -0.2) is 44.4 Å². The van der Waals surface area contributed by atoms with Crippen LogP contribution < -0.4 is 20.7 Å². The first kappa shape index (κ1) is 46.6. The third-order valence-corrected chi connectivity index (χ3v) is 20.9. The van der Waals surface area contributed by atoms with E-state index in [0.717, 1.165) is 115 Å². The van der Waals surface area contributed by atoms with Crippen molar-refractivity contribution in [1.82, 2.24) is 27.9 Å². The highest BCUT2D eigenvalue weighted by atomic mass is 79.9. The Labute approximate surface area is 463 Å². The van der Waals surface area contributed by atoms with Crippen LogP contribution in [0, 0.1) is 0 Å². The lowest BCUT2D eigenvalue weighted by atomic mass is 10.1. The zero-order valence-electron chi connectivity index (χ0n) is 41.7. The van der Waals surface area contributed by atoms with Gasteiger partial charge in [-0.1, -0.05) is 182 Å². The molecule has 376 valence electrons. The van der Waals surface area contributed by atoms with Gasteiger partial charge in [0.05, 0.1) is 55.5 Å². The molecule has 0 fully saturated rings. The number of benzene rings is 11. The van der Waals surface area contributed by atoms with Gasteiger partial charge in [-0.05, 0) is 124 Å². The van der Waals surface area contributed by atoms with Crippen molar-refractivity contribution < 1.29 is 8.83 Å². The molecule has 79 heavy (non-hydrogen) atoms. The fourth-order valence-electron chi connectivity index (χ4n) is 12.3. The maximum atomic E-state index is 6.20. The van der Waals surface area contributed by atoms with Gasteiger partial charge in [0.2, 0.25) is 11.6 Å². The van der Waals surface area contributed by atoms with E-state index < -0.39 is 8.07 Å². The highest BCUT2D eigenvalue weighted by molar-refractivity contribution is 9.10. The number of nitrogens with zero attached hydrogens (tertiary/aromatic N) is 6. The van der Waals surface area contributed by atoms with Gasteiger partial charge in [-0.15, -0.1) is 0 Å². The fourth-order valence-corrected chi connectivity index (χ4v) is 17.4. The first-order valence-electron chi connectivity index (χ1n) is 26.1. The lowest BCUT2D eigenvalue weighted by molar-refractivity contribution is 0.668. The predicted octanol–water partition coefficient (Wildman–Crippen LogP) is 13.3. The first-order chi connectivity index (χ1) is 38.6. The van der Waals surface area contributed by atoms with Gasteiger partial charge in [0, 0.05) is 26.0 Å². The smallest absolute Gasteiger partial charge is 0.220 e. The van der Waals surface area contributed by atoms with Crippen molar-refractivity contribution in [3.63, 3.8) is 0 Å². The molecule has 17 aromatic rings. The van der Waals surface area contributed by atoms with Crippen molar-refractivity contribution >= 4 is 153 Å². The molecule has 0 aliphatic rings. The van der Waals surface area contributed by atoms with E-state index in [1.807, 2.05) is 36.4 Å². The zero-order chi connectivity index (χ0) is 51.5. The van der Waals surface area contributed by atoms with Crippen molar-refractivity contribution in [1.29, 1.82) is 0 Å². The third kappa shape index (κ3) is 7.06. The van der Waals surface area contributed by atoms with E-state index in [9.17, 15) is 0 Å². The number of rotatable bonds is 6. The molecule has 11 aromatic carbocycles. The second kappa shape index (κ2) is 18.2. The van der Waals surface area contributed by atoms with Crippen LogP contribution in [0.15, 0.2) is 274 Å². The summed E-state index contributed by atoms with van der Waals surface area (Å²) in [4.78, 5) is 10.2.